The molecule has 2 amide bonds. The first-order valence-electron chi connectivity index (χ1n) is 9.52. The molecule has 0 spiro atoms. The average Bonchev–Trinajstić information content (AvgIpc) is 3.14. The van der Waals surface area contributed by atoms with Crippen LogP contribution in [0.4, 0.5) is 4.39 Å². The van der Waals surface area contributed by atoms with Crippen molar-refractivity contribution < 1.29 is 14.0 Å². The highest BCUT2D eigenvalue weighted by atomic mass is 19.1. The van der Waals surface area contributed by atoms with Gasteiger partial charge < -0.3 is 10.2 Å². The number of carbonyl (C=O) groups excluding carboxylic acids is 2. The van der Waals surface area contributed by atoms with Crippen molar-refractivity contribution in [1.82, 2.24) is 25.0 Å². The molecule has 1 N–H and O–H groups in total. The summed E-state index contributed by atoms with van der Waals surface area (Å²) >= 11 is 0. The Morgan fingerprint density at radius 1 is 1.21 bits per heavy atom. The van der Waals surface area contributed by atoms with E-state index in [9.17, 15) is 14.0 Å². The summed E-state index contributed by atoms with van der Waals surface area (Å²) in [4.78, 5) is 31.0. The third-order valence-electron chi connectivity index (χ3n) is 4.58. The first kappa shape index (κ1) is 20.4. The number of likely N-dealkylation sites (N-methyl/N-ethyl adjacent to an activating group) is 1. The number of aromatic nitrogens is 3. The molecule has 0 saturated carbocycles. The van der Waals surface area contributed by atoms with Crippen LogP contribution in [0.5, 0.6) is 0 Å². The average molecular weight is 397 g/mol. The molecular weight excluding hydrogens is 373 g/mol. The number of fused-ring (bicyclic) bond motifs is 1. The molecule has 0 atom stereocenters. The largest absolute Gasteiger partial charge is 0.350 e. The third-order valence-corrected chi connectivity index (χ3v) is 4.58. The number of rotatable bonds is 7. The molecule has 2 aromatic heterocycles. The topological polar surface area (TPSA) is 80.1 Å². The zero-order chi connectivity index (χ0) is 21.0. The normalized spacial score (nSPS) is 11.1. The molecule has 0 aliphatic heterocycles. The molecule has 0 fully saturated rings. The maximum absolute atomic E-state index is 12.9. The molecule has 0 bridgehead atoms. The summed E-state index contributed by atoms with van der Waals surface area (Å²) in [5.41, 5.74) is 1.91. The summed E-state index contributed by atoms with van der Waals surface area (Å²) in [6, 6.07) is 7.81. The first-order valence-corrected chi connectivity index (χ1v) is 9.52. The lowest BCUT2D eigenvalue weighted by atomic mass is 10.2. The minimum atomic E-state index is -0.327. The minimum absolute atomic E-state index is 0.0696. The maximum Gasteiger partial charge on any atom is 0.255 e. The highest BCUT2D eigenvalue weighted by molar-refractivity contribution is 5.98. The lowest BCUT2D eigenvalue weighted by molar-refractivity contribution is -0.121. The molecule has 0 saturated heterocycles. The quantitative estimate of drug-likeness (QED) is 0.665. The van der Waals surface area contributed by atoms with Gasteiger partial charge in [-0.05, 0) is 44.5 Å². The maximum atomic E-state index is 12.9. The monoisotopic (exact) mass is 397 g/mol. The molecule has 0 aliphatic rings. The zero-order valence-corrected chi connectivity index (χ0v) is 16.7. The van der Waals surface area contributed by atoms with Crippen molar-refractivity contribution in [1.29, 1.82) is 0 Å². The van der Waals surface area contributed by atoms with Gasteiger partial charge in [-0.2, -0.15) is 5.10 Å². The van der Waals surface area contributed by atoms with Crippen LogP contribution in [0.2, 0.25) is 0 Å². The third kappa shape index (κ3) is 4.77. The first-order chi connectivity index (χ1) is 13.9. The Morgan fingerprint density at radius 3 is 2.59 bits per heavy atom. The Hall–Kier alpha value is -3.29. The summed E-state index contributed by atoms with van der Waals surface area (Å²) in [6.45, 7) is 6.42. The number of pyridine rings is 1. The summed E-state index contributed by atoms with van der Waals surface area (Å²) in [6.07, 6.45) is 3.20. The van der Waals surface area contributed by atoms with E-state index in [1.165, 1.54) is 23.2 Å². The standard InChI is InChI=1S/C21H24FN5O2/c1-4-26(13-19(28)23-10-15-5-7-18(22)8-6-15)21(29)17-9-16-12-25-27(14(2)3)20(16)24-11-17/h5-9,11-12,14H,4,10,13H2,1-3H3,(H,23,28). The number of carbonyl (C=O) groups is 2. The lowest BCUT2D eigenvalue weighted by Crippen LogP contribution is -2.40. The van der Waals surface area contributed by atoms with E-state index < -0.39 is 0 Å². The van der Waals surface area contributed by atoms with Crippen molar-refractivity contribution in [2.45, 2.75) is 33.4 Å². The van der Waals surface area contributed by atoms with Crippen molar-refractivity contribution >= 4 is 22.8 Å². The molecule has 8 heteroatoms. The number of halogens is 1. The van der Waals surface area contributed by atoms with Gasteiger partial charge in [0.25, 0.3) is 5.91 Å². The van der Waals surface area contributed by atoms with Crippen molar-refractivity contribution in [3.8, 4) is 0 Å². The number of amides is 2. The summed E-state index contributed by atoms with van der Waals surface area (Å²) in [5, 5.41) is 7.84. The van der Waals surface area contributed by atoms with Crippen molar-refractivity contribution in [3.05, 3.63) is 59.7 Å². The number of hydrogen-bond acceptors (Lipinski definition) is 4. The van der Waals surface area contributed by atoms with E-state index in [-0.39, 0.29) is 36.8 Å². The van der Waals surface area contributed by atoms with Gasteiger partial charge in [-0.25, -0.2) is 14.1 Å². The molecule has 29 heavy (non-hydrogen) atoms. The van der Waals surface area contributed by atoms with E-state index in [2.05, 4.69) is 15.4 Å². The van der Waals surface area contributed by atoms with E-state index in [1.807, 2.05) is 20.8 Å². The second kappa shape index (κ2) is 8.81. The van der Waals surface area contributed by atoms with Crippen LogP contribution in [0.3, 0.4) is 0 Å². The molecule has 152 valence electrons. The minimum Gasteiger partial charge on any atom is -0.350 e. The van der Waals surface area contributed by atoms with Crippen LogP contribution in [-0.2, 0) is 11.3 Å². The SMILES string of the molecule is CCN(CC(=O)NCc1ccc(F)cc1)C(=O)c1cnc2c(cnn2C(C)C)c1. The van der Waals surface area contributed by atoms with Gasteiger partial charge in [-0.1, -0.05) is 12.1 Å². The van der Waals surface area contributed by atoms with Crippen molar-refractivity contribution in [2.24, 2.45) is 0 Å². The van der Waals surface area contributed by atoms with Crippen molar-refractivity contribution in [2.75, 3.05) is 13.1 Å². The summed E-state index contributed by atoms with van der Waals surface area (Å²) in [5.74, 6) is -0.880. The molecule has 3 aromatic rings. The molecule has 3 rings (SSSR count). The highest BCUT2D eigenvalue weighted by Gasteiger charge is 2.19. The smallest absolute Gasteiger partial charge is 0.255 e. The predicted molar refractivity (Wildman–Crippen MR) is 108 cm³/mol. The second-order valence-electron chi connectivity index (χ2n) is 7.04. The van der Waals surface area contributed by atoms with E-state index in [4.69, 9.17) is 0 Å². The Bertz CT molecular complexity index is 1010. The van der Waals surface area contributed by atoms with Crippen LogP contribution >= 0.6 is 0 Å². The number of nitrogens with zero attached hydrogens (tertiary/aromatic N) is 4. The molecule has 0 aliphatic carbocycles. The van der Waals surface area contributed by atoms with Gasteiger partial charge in [-0.15, -0.1) is 0 Å². The van der Waals surface area contributed by atoms with Crippen molar-refractivity contribution in [3.63, 3.8) is 0 Å². The fraction of sp³-hybridized carbons (Fsp3) is 0.333. The van der Waals surface area contributed by atoms with Crippen LogP contribution in [0.1, 0.15) is 42.7 Å². The number of benzene rings is 1. The van der Waals surface area contributed by atoms with E-state index >= 15 is 0 Å². The van der Waals surface area contributed by atoms with Gasteiger partial charge in [-0.3, -0.25) is 9.59 Å². The Balaban J connectivity index is 1.65. The van der Waals surface area contributed by atoms with Crippen LogP contribution in [0, 0.1) is 5.82 Å². The van der Waals surface area contributed by atoms with E-state index in [1.54, 1.807) is 29.1 Å². The number of nitrogens with one attached hydrogen (secondary N) is 1. The number of hydrogen-bond donors (Lipinski definition) is 1. The predicted octanol–water partition coefficient (Wildman–Crippen LogP) is 2.93. The van der Waals surface area contributed by atoms with Crippen LogP contribution in [-0.4, -0.2) is 44.6 Å². The van der Waals surface area contributed by atoms with Crippen LogP contribution in [0.15, 0.2) is 42.7 Å². The molecule has 0 unspecified atom stereocenters. The molecule has 0 radical (unpaired) electrons. The second-order valence-corrected chi connectivity index (χ2v) is 7.04. The van der Waals surface area contributed by atoms with Gasteiger partial charge >= 0.3 is 0 Å². The Kier molecular flexibility index (Phi) is 6.21. The lowest BCUT2D eigenvalue weighted by Gasteiger charge is -2.20. The summed E-state index contributed by atoms with van der Waals surface area (Å²) < 4.78 is 14.7. The molecular formula is C21H24FN5O2. The highest BCUT2D eigenvalue weighted by Crippen LogP contribution is 2.17. The van der Waals surface area contributed by atoms with Gasteiger partial charge in [0.15, 0.2) is 5.65 Å². The Morgan fingerprint density at radius 2 is 1.93 bits per heavy atom. The van der Waals surface area contributed by atoms with Crippen LogP contribution in [0.25, 0.3) is 11.0 Å². The van der Waals surface area contributed by atoms with Gasteiger partial charge in [0.05, 0.1) is 18.3 Å². The fourth-order valence-corrected chi connectivity index (χ4v) is 2.98. The fourth-order valence-electron chi connectivity index (χ4n) is 2.98. The molecule has 2 heterocycles. The van der Waals surface area contributed by atoms with Gasteiger partial charge in [0.2, 0.25) is 5.91 Å². The van der Waals surface area contributed by atoms with E-state index in [0.29, 0.717) is 12.1 Å². The van der Waals surface area contributed by atoms with E-state index in [0.717, 1.165) is 16.6 Å². The Labute approximate surface area is 168 Å². The molecule has 7 nitrogen and oxygen atoms in total. The van der Waals surface area contributed by atoms with Gasteiger partial charge in [0, 0.05) is 30.7 Å². The van der Waals surface area contributed by atoms with Gasteiger partial charge in [0.1, 0.15) is 5.82 Å². The molecule has 1 aromatic carbocycles. The summed E-state index contributed by atoms with van der Waals surface area (Å²) in [7, 11) is 0. The zero-order valence-electron chi connectivity index (χ0n) is 16.7. The van der Waals surface area contributed by atoms with Crippen LogP contribution < -0.4 is 5.32 Å².